The molecule has 0 bridgehead atoms. The number of hydrogen-bond acceptors (Lipinski definition) is 7. The summed E-state index contributed by atoms with van der Waals surface area (Å²) in [6.07, 6.45) is 1.50. The average Bonchev–Trinajstić information content (AvgIpc) is 3.28. The van der Waals surface area contributed by atoms with Gasteiger partial charge in [-0.1, -0.05) is 11.6 Å². The van der Waals surface area contributed by atoms with Crippen LogP contribution in [0.25, 0.3) is 0 Å². The molecule has 2 aliphatic rings. The molecule has 9 heteroatoms. The smallest absolute Gasteiger partial charge is 0.320 e. The van der Waals surface area contributed by atoms with Gasteiger partial charge in [-0.3, -0.25) is 14.9 Å². The van der Waals surface area contributed by atoms with Crippen molar-refractivity contribution in [2.24, 2.45) is 10.9 Å². The summed E-state index contributed by atoms with van der Waals surface area (Å²) in [5.41, 5.74) is 1.10. The van der Waals surface area contributed by atoms with E-state index < -0.39 is 23.8 Å². The zero-order valence-electron chi connectivity index (χ0n) is 15.9. The Balaban J connectivity index is 1.52. The molecule has 0 unspecified atom stereocenters. The van der Waals surface area contributed by atoms with Crippen molar-refractivity contribution in [1.82, 2.24) is 10.2 Å². The van der Waals surface area contributed by atoms with E-state index in [1.807, 2.05) is 29.2 Å². The van der Waals surface area contributed by atoms with Gasteiger partial charge in [0, 0.05) is 36.9 Å². The minimum absolute atomic E-state index is 0.441. The zero-order chi connectivity index (χ0) is 20.4. The number of ether oxygens (including phenoxy) is 1. The zero-order valence-corrected chi connectivity index (χ0v) is 16.6. The summed E-state index contributed by atoms with van der Waals surface area (Å²) < 4.78 is 10.2. The average molecular weight is 417 g/mol. The van der Waals surface area contributed by atoms with Gasteiger partial charge in [0.1, 0.15) is 11.8 Å². The van der Waals surface area contributed by atoms with Crippen molar-refractivity contribution in [1.29, 1.82) is 0 Å². The first-order chi connectivity index (χ1) is 14.1. The summed E-state index contributed by atoms with van der Waals surface area (Å²) in [5.74, 6) is -1.26. The summed E-state index contributed by atoms with van der Waals surface area (Å²) in [5, 5.41) is 3.47. The van der Waals surface area contributed by atoms with E-state index in [0.717, 1.165) is 18.8 Å². The van der Waals surface area contributed by atoms with Crippen LogP contribution in [0, 0.1) is 5.92 Å². The molecule has 0 spiro atoms. The van der Waals surface area contributed by atoms with Gasteiger partial charge < -0.3 is 19.0 Å². The van der Waals surface area contributed by atoms with E-state index in [1.165, 1.54) is 13.4 Å². The Bertz CT molecular complexity index is 905. The lowest BCUT2D eigenvalue weighted by molar-refractivity contribution is -0.151. The van der Waals surface area contributed by atoms with Crippen LogP contribution in [0.15, 0.2) is 52.1 Å². The van der Waals surface area contributed by atoms with Gasteiger partial charge in [0.05, 0.1) is 13.4 Å². The maximum Gasteiger partial charge on any atom is 0.320 e. The second kappa shape index (κ2) is 8.16. The van der Waals surface area contributed by atoms with E-state index in [1.54, 1.807) is 12.1 Å². The molecule has 8 nitrogen and oxygen atoms in total. The Hall–Kier alpha value is -3.00. The molecule has 2 atom stereocenters. The van der Waals surface area contributed by atoms with Gasteiger partial charge in [-0.2, -0.15) is 0 Å². The van der Waals surface area contributed by atoms with Crippen LogP contribution in [0.2, 0.25) is 5.02 Å². The van der Waals surface area contributed by atoms with Crippen molar-refractivity contribution in [2.75, 3.05) is 38.2 Å². The second-order valence-electron chi connectivity index (χ2n) is 6.85. The minimum atomic E-state index is -1.08. The fourth-order valence-corrected chi connectivity index (χ4v) is 3.74. The van der Waals surface area contributed by atoms with Crippen LogP contribution >= 0.6 is 11.6 Å². The molecular weight excluding hydrogens is 396 g/mol. The van der Waals surface area contributed by atoms with E-state index >= 15 is 0 Å². The number of carbonyl (C=O) groups is 2. The molecule has 1 aromatic carbocycles. The Morgan fingerprint density at radius 1 is 1.17 bits per heavy atom. The molecule has 0 saturated carbocycles. The summed E-state index contributed by atoms with van der Waals surface area (Å²) in [6, 6.07) is 10.4. The monoisotopic (exact) mass is 416 g/mol. The van der Waals surface area contributed by atoms with Crippen molar-refractivity contribution in [3.63, 3.8) is 0 Å². The molecule has 29 heavy (non-hydrogen) atoms. The SMILES string of the molecule is COC(=O)[C@H]1C(=O)NC(N2CCN(c3ccc(Cl)cc3)CC2)=N[C@H]1c1ccco1. The van der Waals surface area contributed by atoms with Crippen LogP contribution in [-0.4, -0.2) is 56.0 Å². The van der Waals surface area contributed by atoms with E-state index in [2.05, 4.69) is 15.2 Å². The number of furan rings is 1. The number of anilines is 1. The quantitative estimate of drug-likeness (QED) is 0.608. The number of benzene rings is 1. The van der Waals surface area contributed by atoms with E-state index in [9.17, 15) is 9.59 Å². The van der Waals surface area contributed by atoms with Crippen molar-refractivity contribution < 1.29 is 18.7 Å². The molecule has 0 radical (unpaired) electrons. The first-order valence-corrected chi connectivity index (χ1v) is 9.70. The van der Waals surface area contributed by atoms with Gasteiger partial charge in [-0.15, -0.1) is 0 Å². The topological polar surface area (TPSA) is 87.4 Å². The number of amides is 1. The number of hydrogen-bond donors (Lipinski definition) is 1. The third kappa shape index (κ3) is 3.93. The van der Waals surface area contributed by atoms with E-state index in [4.69, 9.17) is 20.8 Å². The Morgan fingerprint density at radius 3 is 2.48 bits per heavy atom. The molecule has 1 amide bonds. The lowest BCUT2D eigenvalue weighted by Crippen LogP contribution is -2.57. The molecule has 3 heterocycles. The standard InChI is InChI=1S/C20H21ClN4O4/c1-28-19(27)16-17(15-3-2-12-29-15)22-20(23-18(16)26)25-10-8-24(9-11-25)14-6-4-13(21)5-7-14/h2-7,12,16-17H,8-11H2,1H3,(H,22,23,26)/t16-,17+/m1/s1. The predicted molar refractivity (Wildman–Crippen MR) is 108 cm³/mol. The number of nitrogens with zero attached hydrogens (tertiary/aromatic N) is 3. The summed E-state index contributed by atoms with van der Waals surface area (Å²) in [6.45, 7) is 2.88. The van der Waals surface area contributed by atoms with Crippen molar-refractivity contribution in [2.45, 2.75) is 6.04 Å². The van der Waals surface area contributed by atoms with Crippen molar-refractivity contribution >= 4 is 35.1 Å². The Kier molecular flexibility index (Phi) is 5.44. The van der Waals surface area contributed by atoms with Gasteiger partial charge >= 0.3 is 5.97 Å². The first-order valence-electron chi connectivity index (χ1n) is 9.32. The summed E-state index contributed by atoms with van der Waals surface area (Å²) >= 11 is 5.97. The third-order valence-electron chi connectivity index (χ3n) is 5.16. The summed E-state index contributed by atoms with van der Waals surface area (Å²) in [7, 11) is 1.25. The number of halogens is 1. The third-order valence-corrected chi connectivity index (χ3v) is 5.41. The van der Waals surface area contributed by atoms with Crippen LogP contribution < -0.4 is 10.2 Å². The number of methoxy groups -OCH3 is 1. The Labute approximate surface area is 173 Å². The molecule has 1 saturated heterocycles. The van der Waals surface area contributed by atoms with Crippen LogP contribution in [-0.2, 0) is 14.3 Å². The van der Waals surface area contributed by atoms with Crippen LogP contribution in [0.5, 0.6) is 0 Å². The highest BCUT2D eigenvalue weighted by Crippen LogP contribution is 2.31. The number of rotatable bonds is 3. The fraction of sp³-hybridized carbons (Fsp3) is 0.350. The normalized spacial score (nSPS) is 22.1. The maximum absolute atomic E-state index is 12.7. The number of guanidine groups is 1. The molecular formula is C20H21ClN4O4. The highest BCUT2D eigenvalue weighted by molar-refractivity contribution is 6.30. The fourth-order valence-electron chi connectivity index (χ4n) is 3.61. The molecule has 1 fully saturated rings. The van der Waals surface area contributed by atoms with Crippen LogP contribution in [0.3, 0.4) is 0 Å². The molecule has 2 aromatic rings. The van der Waals surface area contributed by atoms with Gasteiger partial charge in [0.15, 0.2) is 5.92 Å². The van der Waals surface area contributed by atoms with Gasteiger partial charge in [0.2, 0.25) is 11.9 Å². The highest BCUT2D eigenvalue weighted by atomic mass is 35.5. The maximum atomic E-state index is 12.7. The largest absolute Gasteiger partial charge is 0.468 e. The molecule has 0 aliphatic carbocycles. The van der Waals surface area contributed by atoms with Gasteiger partial charge in [-0.05, 0) is 36.4 Å². The van der Waals surface area contributed by atoms with Crippen LogP contribution in [0.4, 0.5) is 5.69 Å². The molecule has 152 valence electrons. The minimum Gasteiger partial charge on any atom is -0.468 e. The van der Waals surface area contributed by atoms with Crippen LogP contribution in [0.1, 0.15) is 11.8 Å². The van der Waals surface area contributed by atoms with Crippen molar-refractivity contribution in [3.8, 4) is 0 Å². The predicted octanol–water partition coefficient (Wildman–Crippen LogP) is 2.07. The van der Waals surface area contributed by atoms with Gasteiger partial charge in [-0.25, -0.2) is 4.99 Å². The number of piperazine rings is 1. The van der Waals surface area contributed by atoms with E-state index in [0.29, 0.717) is 29.8 Å². The Morgan fingerprint density at radius 2 is 1.86 bits per heavy atom. The lowest BCUT2D eigenvalue weighted by Gasteiger charge is -2.39. The first kappa shape index (κ1) is 19.3. The highest BCUT2D eigenvalue weighted by Gasteiger charge is 2.43. The molecule has 1 aromatic heterocycles. The van der Waals surface area contributed by atoms with E-state index in [-0.39, 0.29) is 0 Å². The lowest BCUT2D eigenvalue weighted by atomic mass is 9.95. The number of aliphatic imine (C=N–C) groups is 1. The van der Waals surface area contributed by atoms with Crippen molar-refractivity contribution in [3.05, 3.63) is 53.4 Å². The molecule has 1 N–H and O–H groups in total. The molecule has 2 aliphatic heterocycles. The summed E-state index contributed by atoms with van der Waals surface area (Å²) in [4.78, 5) is 33.7. The second-order valence-corrected chi connectivity index (χ2v) is 7.29. The number of nitrogens with one attached hydrogen (secondary N) is 1. The van der Waals surface area contributed by atoms with Gasteiger partial charge in [0.25, 0.3) is 0 Å². The molecule has 4 rings (SSSR count). The number of esters is 1. The number of carbonyl (C=O) groups excluding carboxylic acids is 2.